The summed E-state index contributed by atoms with van der Waals surface area (Å²) in [5.74, 6) is 0.555. The smallest absolute Gasteiger partial charge is 0.138 e. The molecule has 0 spiro atoms. The van der Waals surface area contributed by atoms with Gasteiger partial charge in [-0.15, -0.1) is 0 Å². The monoisotopic (exact) mass is 343 g/mol. The van der Waals surface area contributed by atoms with Crippen molar-refractivity contribution in [2.24, 2.45) is 0 Å². The molecule has 0 aliphatic rings. The molecule has 1 N–H and O–H groups in total. The van der Waals surface area contributed by atoms with Crippen LogP contribution in [0.4, 0.5) is 0 Å². The number of benzene rings is 2. The van der Waals surface area contributed by atoms with Crippen molar-refractivity contribution in [3.05, 3.63) is 62.6 Å². The van der Waals surface area contributed by atoms with Gasteiger partial charge in [0.25, 0.3) is 0 Å². The van der Waals surface area contributed by atoms with E-state index in [9.17, 15) is 0 Å². The quantitative estimate of drug-likeness (QED) is 0.789. The topological polar surface area (TPSA) is 21.3 Å². The lowest BCUT2D eigenvalue weighted by Gasteiger charge is -2.22. The summed E-state index contributed by atoms with van der Waals surface area (Å²) < 4.78 is 5.19. The second kappa shape index (κ2) is 7.37. The standard InChI is InChI=1S/C16H16Cl3NO/c1-3-20-16(10-6-4-5-7-12(10)17)11-8-14(19)15(21-2)9-13(11)18/h4-9,16,20H,3H2,1-2H3. The SMILES string of the molecule is CCNC(c1ccccc1Cl)c1cc(Cl)c(OC)cc1Cl. The zero-order valence-electron chi connectivity index (χ0n) is 11.8. The molecule has 0 saturated heterocycles. The van der Waals surface area contributed by atoms with Gasteiger partial charge >= 0.3 is 0 Å². The maximum Gasteiger partial charge on any atom is 0.138 e. The average molecular weight is 345 g/mol. The van der Waals surface area contributed by atoms with Crippen LogP contribution in [0.1, 0.15) is 24.1 Å². The van der Waals surface area contributed by atoms with Crippen molar-refractivity contribution in [3.63, 3.8) is 0 Å². The summed E-state index contributed by atoms with van der Waals surface area (Å²) in [7, 11) is 1.56. The Morgan fingerprint density at radius 2 is 1.71 bits per heavy atom. The van der Waals surface area contributed by atoms with Crippen LogP contribution in [0.15, 0.2) is 36.4 Å². The van der Waals surface area contributed by atoms with Crippen LogP contribution in [-0.4, -0.2) is 13.7 Å². The number of nitrogens with one attached hydrogen (secondary N) is 1. The summed E-state index contributed by atoms with van der Waals surface area (Å²) in [5, 5.41) is 5.19. The summed E-state index contributed by atoms with van der Waals surface area (Å²) in [6, 6.07) is 11.1. The van der Waals surface area contributed by atoms with E-state index in [0.29, 0.717) is 20.8 Å². The maximum atomic E-state index is 6.39. The number of ether oxygens (including phenoxy) is 1. The molecule has 21 heavy (non-hydrogen) atoms. The lowest BCUT2D eigenvalue weighted by Crippen LogP contribution is -2.22. The first-order valence-corrected chi connectivity index (χ1v) is 7.72. The molecule has 2 nitrogen and oxygen atoms in total. The zero-order valence-corrected chi connectivity index (χ0v) is 14.1. The molecular weight excluding hydrogens is 329 g/mol. The molecule has 5 heteroatoms. The van der Waals surface area contributed by atoms with E-state index < -0.39 is 0 Å². The van der Waals surface area contributed by atoms with Crippen LogP contribution >= 0.6 is 34.8 Å². The first-order chi connectivity index (χ1) is 10.1. The summed E-state index contributed by atoms with van der Waals surface area (Å²) in [6.07, 6.45) is 0. The highest BCUT2D eigenvalue weighted by Gasteiger charge is 2.20. The molecule has 1 atom stereocenters. The van der Waals surface area contributed by atoms with Crippen LogP contribution in [0.3, 0.4) is 0 Å². The number of rotatable bonds is 5. The molecular formula is C16H16Cl3NO. The third kappa shape index (κ3) is 3.64. The van der Waals surface area contributed by atoms with Gasteiger partial charge in [0.15, 0.2) is 0 Å². The third-order valence-electron chi connectivity index (χ3n) is 3.21. The molecule has 1 unspecified atom stereocenters. The van der Waals surface area contributed by atoms with E-state index in [1.165, 1.54) is 0 Å². The van der Waals surface area contributed by atoms with Gasteiger partial charge in [0.1, 0.15) is 5.75 Å². The fourth-order valence-corrected chi connectivity index (χ4v) is 2.98. The van der Waals surface area contributed by atoms with Crippen LogP contribution < -0.4 is 10.1 Å². The van der Waals surface area contributed by atoms with Crippen LogP contribution in [0.25, 0.3) is 0 Å². The van der Waals surface area contributed by atoms with Crippen molar-refractivity contribution in [3.8, 4) is 5.75 Å². The molecule has 112 valence electrons. The minimum absolute atomic E-state index is 0.125. The van der Waals surface area contributed by atoms with Crippen LogP contribution in [-0.2, 0) is 0 Å². The van der Waals surface area contributed by atoms with E-state index in [2.05, 4.69) is 5.32 Å². The molecule has 2 aromatic carbocycles. The van der Waals surface area contributed by atoms with Crippen molar-refractivity contribution in [2.45, 2.75) is 13.0 Å². The Morgan fingerprint density at radius 3 is 2.33 bits per heavy atom. The van der Waals surface area contributed by atoms with E-state index in [0.717, 1.165) is 17.7 Å². The summed E-state index contributed by atoms with van der Waals surface area (Å²) in [5.41, 5.74) is 1.83. The molecule has 0 bridgehead atoms. The number of hydrogen-bond acceptors (Lipinski definition) is 2. The van der Waals surface area contributed by atoms with Crippen molar-refractivity contribution in [1.82, 2.24) is 5.32 Å². The van der Waals surface area contributed by atoms with Crippen LogP contribution in [0.5, 0.6) is 5.75 Å². The first kappa shape index (κ1) is 16.4. The van der Waals surface area contributed by atoms with Crippen LogP contribution in [0, 0.1) is 0 Å². The summed E-state index contributed by atoms with van der Waals surface area (Å²) in [6.45, 7) is 2.80. The number of halogens is 3. The van der Waals surface area contributed by atoms with E-state index in [1.807, 2.05) is 37.3 Å². The molecule has 0 amide bonds. The van der Waals surface area contributed by atoms with E-state index >= 15 is 0 Å². The fourth-order valence-electron chi connectivity index (χ4n) is 2.22. The molecule has 2 aromatic rings. The lowest BCUT2D eigenvalue weighted by atomic mass is 9.98. The number of methoxy groups -OCH3 is 1. The van der Waals surface area contributed by atoms with Crippen LogP contribution in [0.2, 0.25) is 15.1 Å². The molecule has 0 aliphatic heterocycles. The summed E-state index contributed by atoms with van der Waals surface area (Å²) in [4.78, 5) is 0. The Labute approximate surface area is 140 Å². The fraction of sp³-hybridized carbons (Fsp3) is 0.250. The Morgan fingerprint density at radius 1 is 1.00 bits per heavy atom. The van der Waals surface area contributed by atoms with Crippen molar-refractivity contribution in [1.29, 1.82) is 0 Å². The normalized spacial score (nSPS) is 12.2. The second-order valence-electron chi connectivity index (χ2n) is 4.52. The highest BCUT2D eigenvalue weighted by atomic mass is 35.5. The van der Waals surface area contributed by atoms with Gasteiger partial charge < -0.3 is 10.1 Å². The predicted molar refractivity (Wildman–Crippen MR) is 90.0 cm³/mol. The van der Waals surface area contributed by atoms with Gasteiger partial charge in [-0.1, -0.05) is 59.9 Å². The predicted octanol–water partition coefficient (Wildman–Crippen LogP) is 5.35. The first-order valence-electron chi connectivity index (χ1n) is 6.59. The minimum atomic E-state index is -0.125. The van der Waals surface area contributed by atoms with Gasteiger partial charge in [-0.2, -0.15) is 0 Å². The molecule has 0 aliphatic carbocycles. The van der Waals surface area contributed by atoms with Crippen molar-refractivity contribution in [2.75, 3.05) is 13.7 Å². The third-order valence-corrected chi connectivity index (χ3v) is 4.17. The van der Waals surface area contributed by atoms with Gasteiger partial charge in [0.05, 0.1) is 18.2 Å². The molecule has 2 rings (SSSR count). The molecule has 0 aromatic heterocycles. The Kier molecular flexibility index (Phi) is 5.77. The maximum absolute atomic E-state index is 6.39. The largest absolute Gasteiger partial charge is 0.495 e. The van der Waals surface area contributed by atoms with Crippen molar-refractivity contribution >= 4 is 34.8 Å². The Bertz CT molecular complexity index is 631. The number of hydrogen-bond donors (Lipinski definition) is 1. The van der Waals surface area contributed by atoms with Crippen molar-refractivity contribution < 1.29 is 4.74 Å². The van der Waals surface area contributed by atoms with Gasteiger partial charge in [-0.3, -0.25) is 0 Å². The molecule has 0 saturated carbocycles. The Hall–Kier alpha value is -0.930. The van der Waals surface area contributed by atoms with E-state index in [1.54, 1.807) is 13.2 Å². The van der Waals surface area contributed by atoms with Gasteiger partial charge in [-0.05, 0) is 29.8 Å². The summed E-state index contributed by atoms with van der Waals surface area (Å²) >= 11 is 18.9. The zero-order chi connectivity index (χ0) is 15.4. The van der Waals surface area contributed by atoms with E-state index in [-0.39, 0.29) is 6.04 Å². The minimum Gasteiger partial charge on any atom is -0.495 e. The molecule has 0 heterocycles. The Balaban J connectivity index is 2.53. The molecule has 0 fully saturated rings. The second-order valence-corrected chi connectivity index (χ2v) is 5.74. The van der Waals surface area contributed by atoms with Gasteiger partial charge in [-0.25, -0.2) is 0 Å². The van der Waals surface area contributed by atoms with Gasteiger partial charge in [0.2, 0.25) is 0 Å². The highest BCUT2D eigenvalue weighted by molar-refractivity contribution is 6.35. The van der Waals surface area contributed by atoms with E-state index in [4.69, 9.17) is 39.5 Å². The lowest BCUT2D eigenvalue weighted by molar-refractivity contribution is 0.414. The molecule has 0 radical (unpaired) electrons. The van der Waals surface area contributed by atoms with Gasteiger partial charge in [0, 0.05) is 16.1 Å². The highest BCUT2D eigenvalue weighted by Crippen LogP contribution is 2.37. The average Bonchev–Trinajstić information content (AvgIpc) is 2.48.